The van der Waals surface area contributed by atoms with E-state index < -0.39 is 36.5 Å². The molecule has 1 aliphatic heterocycles. The molecule has 1 fully saturated rings. The van der Waals surface area contributed by atoms with Crippen LogP contribution in [0, 0.1) is 0 Å². The standard InChI is InChI=1S/C25H29N3O6/c1-27(2)21-12-28(13-22(21)29)24(32)20(11-23(30)31)26-25(33)34-14-19-17-9-5-3-7-15(17)16-8-4-6-10-18(16)19/h3-10,19-22,29H,11-14H2,1-2H3,(H,26,33)(H,30,31). The first-order valence-electron chi connectivity index (χ1n) is 11.2. The Morgan fingerprint density at radius 1 is 1.06 bits per heavy atom. The van der Waals surface area contributed by atoms with Gasteiger partial charge in [-0.2, -0.15) is 0 Å². The Balaban J connectivity index is 1.42. The van der Waals surface area contributed by atoms with E-state index in [1.807, 2.05) is 53.4 Å². The number of carbonyl (C=O) groups is 3. The zero-order valence-electron chi connectivity index (χ0n) is 19.2. The number of hydrogen-bond acceptors (Lipinski definition) is 6. The Hall–Kier alpha value is -3.43. The Morgan fingerprint density at radius 3 is 2.18 bits per heavy atom. The van der Waals surface area contributed by atoms with Gasteiger partial charge < -0.3 is 30.1 Å². The fraction of sp³-hybridized carbons (Fsp3) is 0.400. The van der Waals surface area contributed by atoms with Gasteiger partial charge in [-0.15, -0.1) is 0 Å². The molecule has 3 unspecified atom stereocenters. The van der Waals surface area contributed by atoms with Gasteiger partial charge in [0.2, 0.25) is 5.91 Å². The lowest BCUT2D eigenvalue weighted by Crippen LogP contribution is -2.49. The van der Waals surface area contributed by atoms with Crippen LogP contribution < -0.4 is 5.32 Å². The largest absolute Gasteiger partial charge is 0.481 e. The summed E-state index contributed by atoms with van der Waals surface area (Å²) in [6.45, 7) is 0.374. The number of rotatable bonds is 7. The summed E-state index contributed by atoms with van der Waals surface area (Å²) in [4.78, 5) is 40.2. The third-order valence-electron chi connectivity index (χ3n) is 6.55. The number of carboxylic acid groups (broad SMARTS) is 1. The molecule has 0 spiro atoms. The lowest BCUT2D eigenvalue weighted by atomic mass is 9.98. The van der Waals surface area contributed by atoms with Gasteiger partial charge in [0.05, 0.1) is 18.6 Å². The molecule has 1 saturated heterocycles. The highest BCUT2D eigenvalue weighted by Crippen LogP contribution is 2.44. The van der Waals surface area contributed by atoms with Crippen LogP contribution in [0.2, 0.25) is 0 Å². The minimum atomic E-state index is -1.29. The Kier molecular flexibility index (Phi) is 6.85. The molecule has 3 atom stereocenters. The van der Waals surface area contributed by atoms with Crippen molar-refractivity contribution < 1.29 is 29.3 Å². The predicted octanol–water partition coefficient (Wildman–Crippen LogP) is 1.50. The number of likely N-dealkylation sites (N-methyl/N-ethyl adjacent to an activating group) is 1. The molecule has 9 nitrogen and oxygen atoms in total. The molecule has 34 heavy (non-hydrogen) atoms. The van der Waals surface area contributed by atoms with Crippen LogP contribution in [0.15, 0.2) is 48.5 Å². The number of amides is 2. The number of nitrogens with one attached hydrogen (secondary N) is 1. The molecule has 1 heterocycles. The SMILES string of the molecule is CN(C)C1CN(C(=O)C(CC(=O)O)NC(=O)OCC2c3ccccc3-c3ccccc32)CC1O. The fourth-order valence-electron chi connectivity index (χ4n) is 4.83. The van der Waals surface area contributed by atoms with Gasteiger partial charge in [-0.25, -0.2) is 4.79 Å². The first kappa shape index (κ1) is 23.7. The lowest BCUT2D eigenvalue weighted by Gasteiger charge is -2.24. The number of fused-ring (bicyclic) bond motifs is 3. The minimum absolute atomic E-state index is 0.0545. The molecule has 0 radical (unpaired) electrons. The van der Waals surface area contributed by atoms with E-state index in [9.17, 15) is 24.6 Å². The number of aliphatic hydroxyl groups is 1. The zero-order chi connectivity index (χ0) is 24.4. The van der Waals surface area contributed by atoms with Crippen molar-refractivity contribution in [2.75, 3.05) is 33.8 Å². The predicted molar refractivity (Wildman–Crippen MR) is 124 cm³/mol. The summed E-state index contributed by atoms with van der Waals surface area (Å²) in [5.74, 6) is -1.93. The number of carboxylic acids is 1. The molecular formula is C25H29N3O6. The van der Waals surface area contributed by atoms with Gasteiger partial charge in [0.25, 0.3) is 0 Å². The number of hydrogen-bond donors (Lipinski definition) is 3. The number of likely N-dealkylation sites (tertiary alicyclic amines) is 1. The molecule has 9 heteroatoms. The first-order valence-corrected chi connectivity index (χ1v) is 11.2. The smallest absolute Gasteiger partial charge is 0.407 e. The molecule has 2 aromatic carbocycles. The number of ether oxygens (including phenoxy) is 1. The van der Waals surface area contributed by atoms with Crippen LogP contribution in [0.4, 0.5) is 4.79 Å². The average molecular weight is 468 g/mol. The number of aliphatic hydroxyl groups excluding tert-OH is 1. The summed E-state index contributed by atoms with van der Waals surface area (Å²) in [5.41, 5.74) is 4.29. The van der Waals surface area contributed by atoms with E-state index in [-0.39, 0.29) is 31.7 Å². The van der Waals surface area contributed by atoms with E-state index in [0.717, 1.165) is 22.3 Å². The Bertz CT molecular complexity index is 1040. The van der Waals surface area contributed by atoms with Gasteiger partial charge in [0, 0.05) is 19.0 Å². The number of β-amino-alcohol motifs (C(OH)–C–C–N with tert-alkyl or cyclic N) is 1. The molecule has 0 aromatic heterocycles. The van der Waals surface area contributed by atoms with Crippen LogP contribution in [-0.4, -0.2) is 90.0 Å². The normalized spacial score (nSPS) is 20.1. The highest BCUT2D eigenvalue weighted by Gasteiger charge is 2.39. The number of alkyl carbamates (subject to hydrolysis) is 1. The Morgan fingerprint density at radius 2 is 1.65 bits per heavy atom. The van der Waals surface area contributed by atoms with Crippen molar-refractivity contribution in [3.8, 4) is 11.1 Å². The van der Waals surface area contributed by atoms with Crippen molar-refractivity contribution in [2.24, 2.45) is 0 Å². The molecule has 3 N–H and O–H groups in total. The molecule has 2 amide bonds. The first-order chi connectivity index (χ1) is 16.3. The van der Waals surface area contributed by atoms with E-state index in [0.29, 0.717) is 0 Å². The summed E-state index contributed by atoms with van der Waals surface area (Å²) in [5, 5.41) is 21.9. The van der Waals surface area contributed by atoms with Crippen molar-refractivity contribution in [2.45, 2.75) is 30.5 Å². The third-order valence-corrected chi connectivity index (χ3v) is 6.55. The topological polar surface area (TPSA) is 119 Å². The summed E-state index contributed by atoms with van der Waals surface area (Å²) in [6.07, 6.45) is -2.19. The van der Waals surface area contributed by atoms with E-state index >= 15 is 0 Å². The summed E-state index contributed by atoms with van der Waals surface area (Å²) >= 11 is 0. The van der Waals surface area contributed by atoms with Gasteiger partial charge in [-0.3, -0.25) is 9.59 Å². The highest BCUT2D eigenvalue weighted by atomic mass is 16.5. The second-order valence-electron chi connectivity index (χ2n) is 8.96. The molecule has 2 aliphatic rings. The lowest BCUT2D eigenvalue weighted by molar-refractivity contribution is -0.142. The summed E-state index contributed by atoms with van der Waals surface area (Å²) in [6, 6.07) is 14.3. The molecular weight excluding hydrogens is 438 g/mol. The van der Waals surface area contributed by atoms with Crippen molar-refractivity contribution in [3.05, 3.63) is 59.7 Å². The molecule has 1 aliphatic carbocycles. The van der Waals surface area contributed by atoms with Crippen molar-refractivity contribution >= 4 is 18.0 Å². The summed E-state index contributed by atoms with van der Waals surface area (Å²) in [7, 11) is 3.59. The number of carbonyl (C=O) groups excluding carboxylic acids is 2. The van der Waals surface area contributed by atoms with Crippen LogP contribution in [0.25, 0.3) is 11.1 Å². The minimum Gasteiger partial charge on any atom is -0.481 e. The molecule has 4 rings (SSSR count). The van der Waals surface area contributed by atoms with E-state index in [1.165, 1.54) is 4.90 Å². The maximum atomic E-state index is 13.0. The zero-order valence-corrected chi connectivity index (χ0v) is 19.2. The second kappa shape index (κ2) is 9.82. The van der Waals surface area contributed by atoms with Gasteiger partial charge in [-0.05, 0) is 36.3 Å². The van der Waals surface area contributed by atoms with Crippen LogP contribution in [0.5, 0.6) is 0 Å². The molecule has 0 saturated carbocycles. The number of nitrogens with zero attached hydrogens (tertiary/aromatic N) is 2. The maximum absolute atomic E-state index is 13.0. The number of aliphatic carboxylic acids is 1. The van der Waals surface area contributed by atoms with Crippen molar-refractivity contribution in [3.63, 3.8) is 0 Å². The van der Waals surface area contributed by atoms with Gasteiger partial charge in [-0.1, -0.05) is 48.5 Å². The van der Waals surface area contributed by atoms with Gasteiger partial charge >= 0.3 is 12.1 Å². The quantitative estimate of drug-likeness (QED) is 0.565. The average Bonchev–Trinajstić information content (AvgIpc) is 3.35. The monoisotopic (exact) mass is 467 g/mol. The molecule has 2 aromatic rings. The molecule has 180 valence electrons. The Labute approximate surface area is 197 Å². The second-order valence-corrected chi connectivity index (χ2v) is 8.96. The van der Waals surface area contributed by atoms with Crippen molar-refractivity contribution in [1.82, 2.24) is 15.1 Å². The fourth-order valence-corrected chi connectivity index (χ4v) is 4.83. The van der Waals surface area contributed by atoms with Crippen LogP contribution in [-0.2, 0) is 14.3 Å². The van der Waals surface area contributed by atoms with Gasteiger partial charge in [0.15, 0.2) is 0 Å². The van der Waals surface area contributed by atoms with Crippen LogP contribution >= 0.6 is 0 Å². The third kappa shape index (κ3) is 4.76. The van der Waals surface area contributed by atoms with E-state index in [4.69, 9.17) is 4.74 Å². The molecule has 0 bridgehead atoms. The van der Waals surface area contributed by atoms with Crippen LogP contribution in [0.1, 0.15) is 23.5 Å². The number of benzene rings is 2. The van der Waals surface area contributed by atoms with Gasteiger partial charge in [0.1, 0.15) is 12.6 Å². The van der Waals surface area contributed by atoms with E-state index in [2.05, 4.69) is 5.32 Å². The maximum Gasteiger partial charge on any atom is 0.407 e. The summed E-state index contributed by atoms with van der Waals surface area (Å²) < 4.78 is 5.47. The highest BCUT2D eigenvalue weighted by molar-refractivity contribution is 5.89. The van der Waals surface area contributed by atoms with E-state index in [1.54, 1.807) is 14.1 Å². The van der Waals surface area contributed by atoms with Crippen LogP contribution in [0.3, 0.4) is 0 Å². The van der Waals surface area contributed by atoms with Crippen molar-refractivity contribution in [1.29, 1.82) is 0 Å².